The summed E-state index contributed by atoms with van der Waals surface area (Å²) in [7, 11) is 0. The molecule has 0 bridgehead atoms. The van der Waals surface area contributed by atoms with Gasteiger partial charge in [-0.1, -0.05) is 15.9 Å². The van der Waals surface area contributed by atoms with E-state index in [1.54, 1.807) is 12.1 Å². The van der Waals surface area contributed by atoms with E-state index in [1.807, 2.05) is 19.1 Å². The minimum atomic E-state index is -0.144. The van der Waals surface area contributed by atoms with Crippen molar-refractivity contribution >= 4 is 21.8 Å². The van der Waals surface area contributed by atoms with Crippen LogP contribution in [0.15, 0.2) is 40.9 Å². The fourth-order valence-electron chi connectivity index (χ4n) is 2.01. The summed E-state index contributed by atoms with van der Waals surface area (Å²) >= 11 is 3.32. The number of hydrogen-bond acceptors (Lipinski definition) is 3. The lowest BCUT2D eigenvalue weighted by molar-refractivity contribution is 0.0954. The molecule has 0 unspecified atom stereocenters. The van der Waals surface area contributed by atoms with Gasteiger partial charge in [-0.2, -0.15) is 0 Å². The normalized spacial score (nSPS) is 10.4. The van der Waals surface area contributed by atoms with Gasteiger partial charge in [0.05, 0.1) is 0 Å². The predicted molar refractivity (Wildman–Crippen MR) is 84.7 cm³/mol. The van der Waals surface area contributed by atoms with Gasteiger partial charge >= 0.3 is 0 Å². The topological polar surface area (TPSA) is 69.6 Å². The second kappa shape index (κ2) is 6.63. The molecule has 2 aromatic rings. The highest BCUT2D eigenvalue weighted by atomic mass is 79.9. The average molecular weight is 350 g/mol. The van der Waals surface area contributed by atoms with E-state index >= 15 is 0 Å². The molecule has 0 aliphatic rings. The third-order valence-corrected chi connectivity index (χ3v) is 3.75. The Morgan fingerprint density at radius 1 is 1.14 bits per heavy atom. The average Bonchev–Trinajstić information content (AvgIpc) is 2.45. The summed E-state index contributed by atoms with van der Waals surface area (Å²) in [5, 5.41) is 21.7. The van der Waals surface area contributed by atoms with E-state index in [4.69, 9.17) is 0 Å². The number of nitrogens with one attached hydrogen (secondary N) is 1. The molecular weight excluding hydrogens is 334 g/mol. The van der Waals surface area contributed by atoms with Crippen molar-refractivity contribution in [3.63, 3.8) is 0 Å². The Morgan fingerprint density at radius 3 is 2.43 bits per heavy atom. The quantitative estimate of drug-likeness (QED) is 0.742. The van der Waals surface area contributed by atoms with Gasteiger partial charge in [-0.3, -0.25) is 4.79 Å². The van der Waals surface area contributed by atoms with Gasteiger partial charge < -0.3 is 15.5 Å². The zero-order chi connectivity index (χ0) is 15.4. The first-order chi connectivity index (χ1) is 9.97. The number of rotatable bonds is 4. The molecule has 0 aliphatic heterocycles. The Hall–Kier alpha value is -2.01. The third-order valence-electron chi connectivity index (χ3n) is 3.22. The lowest BCUT2D eigenvalue weighted by atomic mass is 10.0. The van der Waals surface area contributed by atoms with Gasteiger partial charge in [0.1, 0.15) is 0 Å². The van der Waals surface area contributed by atoms with Crippen molar-refractivity contribution in [2.75, 3.05) is 6.54 Å². The Kier molecular flexibility index (Phi) is 4.85. The van der Waals surface area contributed by atoms with E-state index in [-0.39, 0.29) is 17.4 Å². The number of aromatic hydroxyl groups is 2. The van der Waals surface area contributed by atoms with Gasteiger partial charge in [0.15, 0.2) is 11.5 Å². The number of phenols is 2. The van der Waals surface area contributed by atoms with Gasteiger partial charge in [-0.25, -0.2) is 0 Å². The minimum absolute atomic E-state index is 0.129. The molecule has 21 heavy (non-hydrogen) atoms. The third kappa shape index (κ3) is 3.98. The van der Waals surface area contributed by atoms with Gasteiger partial charge in [-0.15, -0.1) is 0 Å². The minimum Gasteiger partial charge on any atom is -0.504 e. The van der Waals surface area contributed by atoms with E-state index < -0.39 is 0 Å². The Labute approximate surface area is 131 Å². The van der Waals surface area contributed by atoms with Crippen LogP contribution >= 0.6 is 15.9 Å². The zero-order valence-corrected chi connectivity index (χ0v) is 13.1. The molecule has 0 heterocycles. The fourth-order valence-corrected chi connectivity index (χ4v) is 2.27. The highest BCUT2D eigenvalue weighted by Crippen LogP contribution is 2.28. The molecule has 2 aromatic carbocycles. The Morgan fingerprint density at radius 2 is 1.76 bits per heavy atom. The van der Waals surface area contributed by atoms with Crippen molar-refractivity contribution in [3.8, 4) is 11.5 Å². The maximum Gasteiger partial charge on any atom is 0.251 e. The Balaban J connectivity index is 1.94. The van der Waals surface area contributed by atoms with Crippen LogP contribution in [0.25, 0.3) is 0 Å². The van der Waals surface area contributed by atoms with Crippen LogP contribution < -0.4 is 5.32 Å². The van der Waals surface area contributed by atoms with Crippen molar-refractivity contribution in [2.24, 2.45) is 0 Å². The van der Waals surface area contributed by atoms with Crippen LogP contribution in [0.4, 0.5) is 0 Å². The molecule has 1 amide bonds. The predicted octanol–water partition coefficient (Wildman–Crippen LogP) is 3.14. The number of amides is 1. The number of benzene rings is 2. The molecule has 0 aromatic heterocycles. The number of aryl methyl sites for hydroxylation is 1. The highest BCUT2D eigenvalue weighted by Gasteiger charge is 2.07. The second-order valence-electron chi connectivity index (χ2n) is 4.78. The van der Waals surface area contributed by atoms with Crippen LogP contribution in [0.3, 0.4) is 0 Å². The van der Waals surface area contributed by atoms with E-state index in [0.29, 0.717) is 18.5 Å². The van der Waals surface area contributed by atoms with Crippen LogP contribution in [-0.4, -0.2) is 22.7 Å². The summed E-state index contributed by atoms with van der Waals surface area (Å²) in [5.74, 6) is -0.409. The number of carbonyl (C=O) groups excluding carboxylic acids is 1. The van der Waals surface area contributed by atoms with Crippen LogP contribution in [0, 0.1) is 6.92 Å². The van der Waals surface area contributed by atoms with Gasteiger partial charge in [0.2, 0.25) is 0 Å². The summed E-state index contributed by atoms with van der Waals surface area (Å²) in [6.07, 6.45) is 0.585. The molecule has 0 fully saturated rings. The smallest absolute Gasteiger partial charge is 0.251 e. The molecule has 0 saturated carbocycles. The van der Waals surface area contributed by atoms with Crippen molar-refractivity contribution in [2.45, 2.75) is 13.3 Å². The number of hydrogen-bond donors (Lipinski definition) is 3. The van der Waals surface area contributed by atoms with Crippen LogP contribution in [0.5, 0.6) is 11.5 Å². The monoisotopic (exact) mass is 349 g/mol. The molecule has 5 heteroatoms. The maximum atomic E-state index is 11.9. The Bertz CT molecular complexity index is 653. The van der Waals surface area contributed by atoms with Crippen molar-refractivity contribution < 1.29 is 15.0 Å². The molecule has 110 valence electrons. The SMILES string of the molecule is Cc1cc(O)c(O)cc1CCNC(=O)c1ccc(Br)cc1. The second-order valence-corrected chi connectivity index (χ2v) is 5.70. The summed E-state index contributed by atoms with van der Waals surface area (Å²) in [6, 6.07) is 10.2. The summed E-state index contributed by atoms with van der Waals surface area (Å²) < 4.78 is 0.925. The largest absolute Gasteiger partial charge is 0.504 e. The van der Waals surface area contributed by atoms with E-state index in [9.17, 15) is 15.0 Å². The molecule has 0 radical (unpaired) electrons. The lowest BCUT2D eigenvalue weighted by Gasteiger charge is -2.09. The van der Waals surface area contributed by atoms with Crippen LogP contribution in [0.1, 0.15) is 21.5 Å². The van der Waals surface area contributed by atoms with Crippen molar-refractivity contribution in [1.82, 2.24) is 5.32 Å². The fraction of sp³-hybridized carbons (Fsp3) is 0.188. The number of phenolic OH excluding ortho intramolecular Hbond substituents is 2. The standard InChI is InChI=1S/C16H16BrNO3/c1-10-8-14(19)15(20)9-12(10)6-7-18-16(21)11-2-4-13(17)5-3-11/h2-5,8-9,19-20H,6-7H2,1H3,(H,18,21). The first-order valence-corrected chi connectivity index (χ1v) is 7.32. The van der Waals surface area contributed by atoms with E-state index in [2.05, 4.69) is 21.2 Å². The molecular formula is C16H16BrNO3. The molecule has 0 spiro atoms. The van der Waals surface area contributed by atoms with Gasteiger partial charge in [0.25, 0.3) is 5.91 Å². The molecule has 0 atom stereocenters. The molecule has 3 N–H and O–H groups in total. The summed E-state index contributed by atoms with van der Waals surface area (Å²) in [4.78, 5) is 11.9. The first kappa shape index (κ1) is 15.4. The van der Waals surface area contributed by atoms with Crippen molar-refractivity contribution in [1.29, 1.82) is 0 Å². The molecule has 4 nitrogen and oxygen atoms in total. The molecule has 0 saturated heterocycles. The van der Waals surface area contributed by atoms with E-state index in [0.717, 1.165) is 15.6 Å². The lowest BCUT2D eigenvalue weighted by Crippen LogP contribution is -2.25. The molecule has 0 aliphatic carbocycles. The summed E-state index contributed by atoms with van der Waals surface area (Å²) in [6.45, 7) is 2.31. The van der Waals surface area contributed by atoms with Crippen LogP contribution in [0.2, 0.25) is 0 Å². The zero-order valence-electron chi connectivity index (χ0n) is 11.6. The summed E-state index contributed by atoms with van der Waals surface area (Å²) in [5.41, 5.74) is 2.37. The first-order valence-electron chi connectivity index (χ1n) is 6.52. The maximum absolute atomic E-state index is 11.9. The highest BCUT2D eigenvalue weighted by molar-refractivity contribution is 9.10. The number of halogens is 1. The van der Waals surface area contributed by atoms with E-state index in [1.165, 1.54) is 12.1 Å². The van der Waals surface area contributed by atoms with Crippen molar-refractivity contribution in [3.05, 3.63) is 57.6 Å². The number of carbonyl (C=O) groups is 1. The molecule has 2 rings (SSSR count). The van der Waals surface area contributed by atoms with Gasteiger partial charge in [-0.05, 0) is 60.9 Å². The van der Waals surface area contributed by atoms with Crippen LogP contribution in [-0.2, 0) is 6.42 Å². The van der Waals surface area contributed by atoms with Gasteiger partial charge in [0, 0.05) is 16.6 Å².